The van der Waals surface area contributed by atoms with E-state index in [0.29, 0.717) is 6.54 Å². The van der Waals surface area contributed by atoms with Crippen LogP contribution in [0.25, 0.3) is 10.9 Å². The van der Waals surface area contributed by atoms with Crippen LogP contribution in [0.2, 0.25) is 0 Å². The van der Waals surface area contributed by atoms with Gasteiger partial charge in [0.15, 0.2) is 0 Å². The number of benzene rings is 1. The first kappa shape index (κ1) is 20.5. The fraction of sp³-hybridized carbons (Fsp3) is 0.423. The lowest BCUT2D eigenvalue weighted by molar-refractivity contribution is 0.0640. The average molecular weight is 402 g/mol. The van der Waals surface area contributed by atoms with E-state index in [1.54, 1.807) is 0 Å². The molecule has 4 rings (SSSR count). The Kier molecular flexibility index (Phi) is 6.71. The summed E-state index contributed by atoms with van der Waals surface area (Å²) in [7, 11) is 0. The zero-order valence-corrected chi connectivity index (χ0v) is 18.1. The highest BCUT2D eigenvalue weighted by Gasteiger charge is 2.15. The highest BCUT2D eigenvalue weighted by atomic mass is 16.5. The molecule has 3 aromatic rings. The predicted molar refractivity (Wildman–Crippen MR) is 124 cm³/mol. The van der Waals surface area contributed by atoms with Gasteiger partial charge in [0.05, 0.1) is 12.2 Å². The van der Waals surface area contributed by atoms with Crippen LogP contribution in [0.15, 0.2) is 42.6 Å². The van der Waals surface area contributed by atoms with E-state index in [0.717, 1.165) is 49.2 Å². The molecule has 1 aliphatic rings. The Morgan fingerprint density at radius 1 is 1.20 bits per heavy atom. The Balaban J connectivity index is 1.49. The summed E-state index contributed by atoms with van der Waals surface area (Å²) in [5.74, 6) is 7.48. The first-order valence-electron chi connectivity index (χ1n) is 11.1. The first-order chi connectivity index (χ1) is 14.7. The highest BCUT2D eigenvalue weighted by Crippen LogP contribution is 2.27. The number of anilines is 1. The third-order valence-corrected chi connectivity index (χ3v) is 6.01. The number of rotatable bonds is 6. The van der Waals surface area contributed by atoms with Gasteiger partial charge in [-0.05, 0) is 81.2 Å². The van der Waals surface area contributed by atoms with Crippen LogP contribution in [0.3, 0.4) is 0 Å². The molecule has 0 atom stereocenters. The largest absolute Gasteiger partial charge is 0.381 e. The van der Waals surface area contributed by atoms with Gasteiger partial charge in [0.1, 0.15) is 0 Å². The summed E-state index contributed by atoms with van der Waals surface area (Å²) >= 11 is 0. The van der Waals surface area contributed by atoms with E-state index in [1.807, 2.05) is 25.3 Å². The Hall–Kier alpha value is -2.77. The van der Waals surface area contributed by atoms with Gasteiger partial charge in [0.25, 0.3) is 0 Å². The van der Waals surface area contributed by atoms with Gasteiger partial charge in [-0.3, -0.25) is 4.98 Å². The fourth-order valence-corrected chi connectivity index (χ4v) is 4.34. The van der Waals surface area contributed by atoms with Crippen molar-refractivity contribution in [2.24, 2.45) is 5.92 Å². The number of nitrogens with zero attached hydrogens (tertiary/aromatic N) is 2. The van der Waals surface area contributed by atoms with Crippen LogP contribution in [0.1, 0.15) is 43.1 Å². The number of hydrogen-bond acceptors (Lipinski definition) is 3. The molecule has 4 heteroatoms. The molecule has 156 valence electrons. The standard InChI is InChI=1S/C26H31N3O/c1-3-29-24(7-5-14-28-23-11-15-27-20(2)18-23)19-25-22(6-4-8-26(25)29)10-9-21-12-16-30-17-13-21/h4,6,8,11,15,18-19,21H,3,9-10,12-14,16-17H2,1-2H3,(H,27,28). The third-order valence-electron chi connectivity index (χ3n) is 6.01. The molecule has 0 unspecified atom stereocenters. The molecule has 1 fully saturated rings. The molecule has 1 saturated heterocycles. The van der Waals surface area contributed by atoms with Crippen LogP contribution in [0.5, 0.6) is 0 Å². The Labute approximate surface area is 179 Å². The maximum Gasteiger partial charge on any atom is 0.0931 e. The van der Waals surface area contributed by atoms with Crippen LogP contribution in [0, 0.1) is 24.7 Å². The SMILES string of the molecule is CCn1c(C#CCNc2ccnc(C)c2)cc2c(CCC3CCOCC3)cccc21. The molecule has 0 amide bonds. The molecular formula is C26H31N3O. The van der Waals surface area contributed by atoms with Crippen molar-refractivity contribution >= 4 is 16.6 Å². The zero-order chi connectivity index (χ0) is 20.8. The average Bonchev–Trinajstić information content (AvgIpc) is 3.14. The Morgan fingerprint density at radius 3 is 2.87 bits per heavy atom. The van der Waals surface area contributed by atoms with Crippen molar-refractivity contribution in [3.63, 3.8) is 0 Å². The van der Waals surface area contributed by atoms with Gasteiger partial charge >= 0.3 is 0 Å². The van der Waals surface area contributed by atoms with Crippen LogP contribution < -0.4 is 5.32 Å². The lowest BCUT2D eigenvalue weighted by atomic mass is 9.92. The molecule has 0 aliphatic carbocycles. The fourth-order valence-electron chi connectivity index (χ4n) is 4.34. The van der Waals surface area contributed by atoms with Crippen LogP contribution in [-0.4, -0.2) is 29.3 Å². The number of ether oxygens (including phenoxy) is 1. The number of aryl methyl sites for hydroxylation is 3. The van der Waals surface area contributed by atoms with E-state index in [2.05, 4.69) is 57.9 Å². The van der Waals surface area contributed by atoms with Crippen molar-refractivity contribution in [3.05, 3.63) is 59.5 Å². The third kappa shape index (κ3) is 4.86. The molecule has 1 N–H and O–H groups in total. The van der Waals surface area contributed by atoms with Crippen LogP contribution in [-0.2, 0) is 17.7 Å². The normalized spacial score (nSPS) is 14.5. The molecule has 2 aromatic heterocycles. The minimum absolute atomic E-state index is 0.616. The van der Waals surface area contributed by atoms with Crippen molar-refractivity contribution in [3.8, 4) is 11.8 Å². The highest BCUT2D eigenvalue weighted by molar-refractivity contribution is 5.86. The molecule has 3 heterocycles. The second kappa shape index (κ2) is 9.82. The maximum atomic E-state index is 5.51. The minimum Gasteiger partial charge on any atom is -0.381 e. The van der Waals surface area contributed by atoms with E-state index in [9.17, 15) is 0 Å². The summed E-state index contributed by atoms with van der Waals surface area (Å²) in [4.78, 5) is 4.23. The summed E-state index contributed by atoms with van der Waals surface area (Å²) in [6.45, 7) is 7.58. The second-order valence-corrected chi connectivity index (χ2v) is 8.06. The van der Waals surface area contributed by atoms with Crippen molar-refractivity contribution in [1.82, 2.24) is 9.55 Å². The van der Waals surface area contributed by atoms with Crippen molar-refractivity contribution < 1.29 is 4.74 Å². The predicted octanol–water partition coefficient (Wildman–Crippen LogP) is 5.19. The summed E-state index contributed by atoms with van der Waals surface area (Å²) in [5.41, 5.74) is 5.90. The molecule has 1 aromatic carbocycles. The quantitative estimate of drug-likeness (QED) is 0.578. The first-order valence-corrected chi connectivity index (χ1v) is 11.1. The Bertz CT molecular complexity index is 1050. The molecular weight excluding hydrogens is 370 g/mol. The molecule has 4 nitrogen and oxygen atoms in total. The monoisotopic (exact) mass is 401 g/mol. The molecule has 1 aliphatic heterocycles. The molecule has 0 saturated carbocycles. The van der Waals surface area contributed by atoms with Gasteiger partial charge in [0.2, 0.25) is 0 Å². The van der Waals surface area contributed by atoms with Crippen LogP contribution in [0.4, 0.5) is 5.69 Å². The zero-order valence-electron chi connectivity index (χ0n) is 18.1. The van der Waals surface area contributed by atoms with E-state index in [1.165, 1.54) is 35.7 Å². The molecule has 0 radical (unpaired) electrons. The summed E-state index contributed by atoms with van der Waals surface area (Å²) in [5, 5.41) is 4.72. The van der Waals surface area contributed by atoms with Gasteiger partial charge in [-0.1, -0.05) is 18.1 Å². The van der Waals surface area contributed by atoms with E-state index < -0.39 is 0 Å². The van der Waals surface area contributed by atoms with Crippen molar-refractivity contribution in [1.29, 1.82) is 0 Å². The maximum absolute atomic E-state index is 5.51. The lowest BCUT2D eigenvalue weighted by Crippen LogP contribution is -2.16. The minimum atomic E-state index is 0.616. The summed E-state index contributed by atoms with van der Waals surface area (Å²) in [6.07, 6.45) is 6.60. The van der Waals surface area contributed by atoms with Gasteiger partial charge in [-0.15, -0.1) is 0 Å². The number of aromatic nitrogens is 2. The van der Waals surface area contributed by atoms with Gasteiger partial charge in [-0.2, -0.15) is 0 Å². The van der Waals surface area contributed by atoms with Gasteiger partial charge < -0.3 is 14.6 Å². The number of pyridine rings is 1. The number of fused-ring (bicyclic) bond motifs is 1. The topological polar surface area (TPSA) is 39.1 Å². The smallest absolute Gasteiger partial charge is 0.0931 e. The number of nitrogens with one attached hydrogen (secondary N) is 1. The van der Waals surface area contributed by atoms with Gasteiger partial charge in [-0.25, -0.2) is 0 Å². The van der Waals surface area contributed by atoms with Crippen molar-refractivity contribution in [2.75, 3.05) is 25.1 Å². The van der Waals surface area contributed by atoms with E-state index in [4.69, 9.17) is 4.74 Å². The van der Waals surface area contributed by atoms with E-state index >= 15 is 0 Å². The van der Waals surface area contributed by atoms with E-state index in [-0.39, 0.29) is 0 Å². The molecule has 0 bridgehead atoms. The molecule has 30 heavy (non-hydrogen) atoms. The Morgan fingerprint density at radius 2 is 2.07 bits per heavy atom. The van der Waals surface area contributed by atoms with Gasteiger partial charge in [0, 0.05) is 48.2 Å². The summed E-state index contributed by atoms with van der Waals surface area (Å²) in [6, 6.07) is 13.0. The second-order valence-electron chi connectivity index (χ2n) is 8.06. The van der Waals surface area contributed by atoms with Crippen molar-refractivity contribution in [2.45, 2.75) is 46.1 Å². The summed E-state index contributed by atoms with van der Waals surface area (Å²) < 4.78 is 7.84. The number of hydrogen-bond donors (Lipinski definition) is 1. The molecule has 0 spiro atoms. The lowest BCUT2D eigenvalue weighted by Gasteiger charge is -2.21. The van der Waals surface area contributed by atoms with Crippen LogP contribution >= 0.6 is 0 Å².